The summed E-state index contributed by atoms with van der Waals surface area (Å²) < 4.78 is 2.38. The highest BCUT2D eigenvalue weighted by atomic mass is 16.2. The van der Waals surface area contributed by atoms with Crippen LogP contribution in [0, 0.1) is 5.92 Å². The van der Waals surface area contributed by atoms with Crippen molar-refractivity contribution in [2.24, 2.45) is 5.92 Å². The molecule has 178 valence electrons. The van der Waals surface area contributed by atoms with Crippen LogP contribution in [0.15, 0.2) is 30.3 Å². The molecule has 2 aromatic rings. The molecule has 2 atom stereocenters. The highest BCUT2D eigenvalue weighted by molar-refractivity contribution is 5.78. The van der Waals surface area contributed by atoms with Gasteiger partial charge in [0, 0.05) is 25.4 Å². The number of fused-ring (bicyclic) bond motifs is 1. The van der Waals surface area contributed by atoms with Gasteiger partial charge < -0.3 is 9.88 Å². The van der Waals surface area contributed by atoms with E-state index in [0.29, 0.717) is 18.4 Å². The number of amides is 1. The Morgan fingerprint density at radius 3 is 2.61 bits per heavy atom. The van der Waals surface area contributed by atoms with Crippen molar-refractivity contribution in [2.75, 3.05) is 19.6 Å². The van der Waals surface area contributed by atoms with Gasteiger partial charge in [0.25, 0.3) is 0 Å². The van der Waals surface area contributed by atoms with Gasteiger partial charge in [0.15, 0.2) is 0 Å². The minimum atomic E-state index is 0.131. The summed E-state index contributed by atoms with van der Waals surface area (Å²) in [6, 6.07) is 10.7. The van der Waals surface area contributed by atoms with Crippen LogP contribution in [0.4, 0.5) is 0 Å². The first kappa shape index (κ1) is 22.6. The summed E-state index contributed by atoms with van der Waals surface area (Å²) >= 11 is 0. The lowest BCUT2D eigenvalue weighted by molar-refractivity contribution is -0.123. The molecule has 1 saturated heterocycles. The summed E-state index contributed by atoms with van der Waals surface area (Å²) in [5, 5.41) is 12.6. The standard InChI is InChI=1S/C27H39N5O/c33-25(28-26(21-11-4-1-5-12-21)22-13-6-2-7-14-22)20-31-17-10-15-23(19-31)27-30-29-24-16-8-3-9-18-32(24)27/h1,4-5,11-12,22-23,26H,2-3,6-10,13-20H2,(H,28,33). The molecule has 1 aromatic carbocycles. The molecular weight excluding hydrogens is 410 g/mol. The number of nitrogens with one attached hydrogen (secondary N) is 1. The molecule has 0 radical (unpaired) electrons. The topological polar surface area (TPSA) is 63.1 Å². The molecule has 0 bridgehead atoms. The Morgan fingerprint density at radius 1 is 0.939 bits per heavy atom. The number of aromatic nitrogens is 3. The number of carbonyl (C=O) groups is 1. The molecular formula is C27H39N5O. The summed E-state index contributed by atoms with van der Waals surface area (Å²) in [4.78, 5) is 15.6. The first-order valence-corrected chi connectivity index (χ1v) is 13.3. The molecule has 1 saturated carbocycles. The maximum absolute atomic E-state index is 13.2. The van der Waals surface area contributed by atoms with E-state index in [1.165, 1.54) is 56.9 Å². The zero-order valence-corrected chi connectivity index (χ0v) is 19.9. The molecule has 3 heterocycles. The molecule has 6 nitrogen and oxygen atoms in total. The van der Waals surface area contributed by atoms with Crippen molar-refractivity contribution < 1.29 is 4.79 Å². The Kier molecular flexibility index (Phi) is 7.40. The molecule has 2 unspecified atom stereocenters. The summed E-state index contributed by atoms with van der Waals surface area (Å²) in [6.07, 6.45) is 13.3. The summed E-state index contributed by atoms with van der Waals surface area (Å²) in [5.41, 5.74) is 1.25. The fourth-order valence-electron chi connectivity index (χ4n) is 6.24. The monoisotopic (exact) mass is 449 g/mol. The molecule has 2 aliphatic heterocycles. The molecule has 5 rings (SSSR count). The highest BCUT2D eigenvalue weighted by Crippen LogP contribution is 2.34. The maximum Gasteiger partial charge on any atom is 0.234 e. The van der Waals surface area contributed by atoms with Gasteiger partial charge in [-0.2, -0.15) is 0 Å². The number of likely N-dealkylation sites (tertiary alicyclic amines) is 1. The van der Waals surface area contributed by atoms with Crippen LogP contribution in [0.5, 0.6) is 0 Å². The second kappa shape index (κ2) is 10.8. The van der Waals surface area contributed by atoms with Gasteiger partial charge in [0.1, 0.15) is 11.6 Å². The lowest BCUT2D eigenvalue weighted by atomic mass is 9.81. The van der Waals surface area contributed by atoms with Crippen LogP contribution < -0.4 is 5.32 Å². The number of benzene rings is 1. The van der Waals surface area contributed by atoms with Crippen molar-refractivity contribution >= 4 is 5.91 Å². The van der Waals surface area contributed by atoms with Crippen LogP contribution in [0.1, 0.15) is 93.4 Å². The van der Waals surface area contributed by atoms with Gasteiger partial charge in [-0.25, -0.2) is 0 Å². The van der Waals surface area contributed by atoms with Gasteiger partial charge in [0.05, 0.1) is 12.6 Å². The zero-order chi connectivity index (χ0) is 22.5. The number of rotatable bonds is 6. The second-order valence-electron chi connectivity index (χ2n) is 10.4. The number of hydrogen-bond acceptors (Lipinski definition) is 4. The Hall–Kier alpha value is -2.21. The van der Waals surface area contributed by atoms with Crippen LogP contribution in [-0.4, -0.2) is 45.2 Å². The smallest absolute Gasteiger partial charge is 0.234 e. The maximum atomic E-state index is 13.2. The first-order valence-electron chi connectivity index (χ1n) is 13.3. The quantitative estimate of drug-likeness (QED) is 0.699. The Bertz CT molecular complexity index is 904. The van der Waals surface area contributed by atoms with E-state index in [1.54, 1.807) is 0 Å². The molecule has 6 heteroatoms. The average molecular weight is 450 g/mol. The number of nitrogens with zero attached hydrogens (tertiary/aromatic N) is 4. The van der Waals surface area contributed by atoms with Crippen molar-refractivity contribution in [2.45, 2.75) is 89.1 Å². The van der Waals surface area contributed by atoms with Gasteiger partial charge in [0.2, 0.25) is 5.91 Å². The fourth-order valence-corrected chi connectivity index (χ4v) is 6.24. The van der Waals surface area contributed by atoms with E-state index in [0.717, 1.165) is 50.5 Å². The van der Waals surface area contributed by atoms with E-state index < -0.39 is 0 Å². The van der Waals surface area contributed by atoms with E-state index >= 15 is 0 Å². The SMILES string of the molecule is O=C(CN1CCCC(c2nnc3n2CCCCC3)C1)NC(c1ccccc1)C1CCCCC1. The molecule has 33 heavy (non-hydrogen) atoms. The van der Waals surface area contributed by atoms with Crippen molar-refractivity contribution in [1.82, 2.24) is 25.0 Å². The van der Waals surface area contributed by atoms with Crippen LogP contribution in [0.2, 0.25) is 0 Å². The summed E-state index contributed by atoms with van der Waals surface area (Å²) in [6.45, 7) is 3.43. The van der Waals surface area contributed by atoms with E-state index in [4.69, 9.17) is 0 Å². The van der Waals surface area contributed by atoms with E-state index in [9.17, 15) is 4.79 Å². The number of hydrogen-bond donors (Lipinski definition) is 1. The normalized spacial score (nSPS) is 23.5. The van der Waals surface area contributed by atoms with Crippen LogP contribution in [-0.2, 0) is 17.8 Å². The van der Waals surface area contributed by atoms with Crippen LogP contribution in [0.25, 0.3) is 0 Å². The van der Waals surface area contributed by atoms with Gasteiger partial charge in [-0.05, 0) is 56.6 Å². The summed E-state index contributed by atoms with van der Waals surface area (Å²) in [7, 11) is 0. The third-order valence-corrected chi connectivity index (χ3v) is 7.97. The van der Waals surface area contributed by atoms with Crippen molar-refractivity contribution in [1.29, 1.82) is 0 Å². The van der Waals surface area contributed by atoms with Gasteiger partial charge in [-0.3, -0.25) is 9.69 Å². The van der Waals surface area contributed by atoms with E-state index in [2.05, 4.69) is 55.3 Å². The van der Waals surface area contributed by atoms with E-state index in [1.807, 2.05) is 0 Å². The number of piperidine rings is 1. The van der Waals surface area contributed by atoms with E-state index in [-0.39, 0.29) is 11.9 Å². The number of aryl methyl sites for hydroxylation is 1. The number of carbonyl (C=O) groups excluding carboxylic acids is 1. The Morgan fingerprint density at radius 2 is 1.76 bits per heavy atom. The van der Waals surface area contributed by atoms with Gasteiger partial charge in [-0.15, -0.1) is 10.2 Å². The van der Waals surface area contributed by atoms with Crippen molar-refractivity contribution in [3.63, 3.8) is 0 Å². The van der Waals surface area contributed by atoms with Gasteiger partial charge >= 0.3 is 0 Å². The lowest BCUT2D eigenvalue weighted by Gasteiger charge is -2.34. The average Bonchev–Trinajstić information content (AvgIpc) is 3.12. The van der Waals surface area contributed by atoms with Crippen molar-refractivity contribution in [3.8, 4) is 0 Å². The highest BCUT2D eigenvalue weighted by Gasteiger charge is 2.30. The predicted molar refractivity (Wildman–Crippen MR) is 130 cm³/mol. The molecule has 1 aromatic heterocycles. The van der Waals surface area contributed by atoms with Crippen LogP contribution >= 0.6 is 0 Å². The molecule has 1 aliphatic carbocycles. The molecule has 3 aliphatic rings. The van der Waals surface area contributed by atoms with Gasteiger partial charge in [-0.1, -0.05) is 56.0 Å². The molecule has 2 fully saturated rings. The Labute approximate surface area is 198 Å². The first-order chi connectivity index (χ1) is 16.3. The minimum Gasteiger partial charge on any atom is -0.348 e. The third-order valence-electron chi connectivity index (χ3n) is 7.97. The third kappa shape index (κ3) is 5.48. The largest absolute Gasteiger partial charge is 0.348 e. The predicted octanol–water partition coefficient (Wildman–Crippen LogP) is 4.62. The Balaban J connectivity index is 1.23. The zero-order valence-electron chi connectivity index (χ0n) is 19.9. The lowest BCUT2D eigenvalue weighted by Crippen LogP contribution is -2.44. The summed E-state index contributed by atoms with van der Waals surface area (Å²) in [5.74, 6) is 3.41. The van der Waals surface area contributed by atoms with Crippen LogP contribution in [0.3, 0.4) is 0 Å². The minimum absolute atomic E-state index is 0.131. The molecule has 1 N–H and O–H groups in total. The fraction of sp³-hybridized carbons (Fsp3) is 0.667. The molecule has 1 amide bonds. The molecule has 0 spiro atoms. The second-order valence-corrected chi connectivity index (χ2v) is 10.4. The van der Waals surface area contributed by atoms with Crippen molar-refractivity contribution in [3.05, 3.63) is 47.5 Å².